The summed E-state index contributed by atoms with van der Waals surface area (Å²) in [5.41, 5.74) is 2.39. The molecule has 0 aromatic carbocycles. The van der Waals surface area contributed by atoms with Crippen LogP contribution in [0.15, 0.2) is 34.1 Å². The molecule has 0 spiro atoms. The molecule has 1 saturated heterocycles. The lowest BCUT2D eigenvalue weighted by Crippen LogP contribution is -2.36. The summed E-state index contributed by atoms with van der Waals surface area (Å²) >= 11 is 0. The van der Waals surface area contributed by atoms with Crippen molar-refractivity contribution in [2.24, 2.45) is 5.92 Å². The van der Waals surface area contributed by atoms with Crippen LogP contribution in [-0.2, 0) is 25.9 Å². The first-order valence-corrected chi connectivity index (χ1v) is 10.4. The van der Waals surface area contributed by atoms with E-state index in [1.807, 2.05) is 0 Å². The van der Waals surface area contributed by atoms with Crippen LogP contribution in [0, 0.1) is 5.92 Å². The highest BCUT2D eigenvalue weighted by Crippen LogP contribution is 2.26. The number of aromatic nitrogens is 6. The molecule has 4 heterocycles. The van der Waals surface area contributed by atoms with Gasteiger partial charge in [0, 0.05) is 31.1 Å². The van der Waals surface area contributed by atoms with Gasteiger partial charge in [0.25, 0.3) is 5.56 Å². The van der Waals surface area contributed by atoms with E-state index in [9.17, 15) is 4.79 Å². The minimum atomic E-state index is -0.0782. The summed E-state index contributed by atoms with van der Waals surface area (Å²) in [6, 6.07) is 3.22. The quantitative estimate of drug-likeness (QED) is 0.647. The molecule has 9 heteroatoms. The van der Waals surface area contributed by atoms with E-state index in [0.717, 1.165) is 56.8 Å². The van der Waals surface area contributed by atoms with E-state index in [2.05, 4.69) is 25.2 Å². The zero-order chi connectivity index (χ0) is 19.6. The molecular formula is C20H25N7O2. The molecule has 1 aliphatic carbocycles. The summed E-state index contributed by atoms with van der Waals surface area (Å²) < 4.78 is 8.68. The minimum Gasteiger partial charge on any atom is -0.361 e. The Balaban J connectivity index is 1.20. The number of aryl methyl sites for hydroxylation is 1. The molecule has 0 amide bonds. The normalized spacial score (nSPS) is 18.1. The summed E-state index contributed by atoms with van der Waals surface area (Å²) in [5, 5.41) is 12.9. The molecule has 0 unspecified atom stereocenters. The molecule has 1 aliphatic heterocycles. The Bertz CT molecular complexity index is 1020. The third-order valence-corrected chi connectivity index (χ3v) is 6.05. The van der Waals surface area contributed by atoms with Crippen molar-refractivity contribution in [2.45, 2.75) is 51.6 Å². The second-order valence-corrected chi connectivity index (χ2v) is 8.01. The number of hydrogen-bond acceptors (Lipinski definition) is 7. The molecular weight excluding hydrogens is 370 g/mol. The summed E-state index contributed by atoms with van der Waals surface area (Å²) in [5.74, 6) is 2.14. The smallest absolute Gasteiger partial charge is 0.266 e. The molecule has 0 N–H and O–H groups in total. The molecule has 0 bridgehead atoms. The van der Waals surface area contributed by atoms with Crippen LogP contribution >= 0.6 is 0 Å². The van der Waals surface area contributed by atoms with Crippen LogP contribution in [0.25, 0.3) is 5.82 Å². The van der Waals surface area contributed by atoms with Gasteiger partial charge in [0.05, 0.1) is 0 Å². The largest absolute Gasteiger partial charge is 0.361 e. The average Bonchev–Trinajstić information content (AvgIpc) is 3.42. The van der Waals surface area contributed by atoms with Gasteiger partial charge in [0.15, 0.2) is 5.82 Å². The van der Waals surface area contributed by atoms with Crippen LogP contribution in [0.5, 0.6) is 0 Å². The van der Waals surface area contributed by atoms with E-state index >= 15 is 0 Å². The van der Waals surface area contributed by atoms with Crippen molar-refractivity contribution >= 4 is 0 Å². The van der Waals surface area contributed by atoms with Crippen molar-refractivity contribution < 1.29 is 4.52 Å². The zero-order valence-electron chi connectivity index (χ0n) is 16.4. The zero-order valence-corrected chi connectivity index (χ0v) is 16.4. The van der Waals surface area contributed by atoms with E-state index in [1.165, 1.54) is 24.7 Å². The van der Waals surface area contributed by atoms with Crippen molar-refractivity contribution in [3.05, 3.63) is 52.2 Å². The van der Waals surface area contributed by atoms with Gasteiger partial charge in [-0.05, 0) is 57.2 Å². The maximum absolute atomic E-state index is 12.3. The lowest BCUT2D eigenvalue weighted by Gasteiger charge is -2.31. The molecule has 0 radical (unpaired) electrons. The van der Waals surface area contributed by atoms with Gasteiger partial charge >= 0.3 is 0 Å². The summed E-state index contributed by atoms with van der Waals surface area (Å²) in [7, 11) is 0. The molecule has 2 aliphatic rings. The number of rotatable bonds is 5. The Morgan fingerprint density at radius 2 is 2.00 bits per heavy atom. The van der Waals surface area contributed by atoms with Gasteiger partial charge in [0.1, 0.15) is 24.1 Å². The highest BCUT2D eigenvalue weighted by molar-refractivity contribution is 5.25. The molecule has 3 aromatic rings. The number of nitrogens with zero attached hydrogens (tertiary/aromatic N) is 7. The van der Waals surface area contributed by atoms with Crippen molar-refractivity contribution in [2.75, 3.05) is 13.1 Å². The number of piperidine rings is 1. The van der Waals surface area contributed by atoms with Crippen LogP contribution in [-0.4, -0.2) is 47.7 Å². The second kappa shape index (κ2) is 7.90. The van der Waals surface area contributed by atoms with E-state index < -0.39 is 0 Å². The first-order chi connectivity index (χ1) is 14.3. The van der Waals surface area contributed by atoms with Crippen LogP contribution in [0.3, 0.4) is 0 Å². The molecule has 9 nitrogen and oxygen atoms in total. The van der Waals surface area contributed by atoms with Crippen molar-refractivity contribution in [3.63, 3.8) is 0 Å². The highest BCUT2D eigenvalue weighted by Gasteiger charge is 2.24. The van der Waals surface area contributed by atoms with E-state index in [0.29, 0.717) is 18.3 Å². The summed E-state index contributed by atoms with van der Waals surface area (Å²) in [4.78, 5) is 18.6. The van der Waals surface area contributed by atoms with Crippen LogP contribution < -0.4 is 5.56 Å². The van der Waals surface area contributed by atoms with Gasteiger partial charge in [-0.3, -0.25) is 9.69 Å². The van der Waals surface area contributed by atoms with E-state index in [1.54, 1.807) is 27.8 Å². The fraction of sp³-hybridized carbons (Fsp3) is 0.550. The topological polar surface area (TPSA) is 94.9 Å². The number of likely N-dealkylation sites (tertiary alicyclic amines) is 1. The van der Waals surface area contributed by atoms with Gasteiger partial charge in [-0.15, -0.1) is 5.10 Å². The van der Waals surface area contributed by atoms with Gasteiger partial charge in [-0.2, -0.15) is 5.10 Å². The average molecular weight is 395 g/mol. The maximum Gasteiger partial charge on any atom is 0.266 e. The predicted octanol–water partition coefficient (Wildman–Crippen LogP) is 1.60. The first-order valence-electron chi connectivity index (χ1n) is 10.4. The van der Waals surface area contributed by atoms with Gasteiger partial charge in [-0.25, -0.2) is 14.3 Å². The second-order valence-electron chi connectivity index (χ2n) is 8.01. The van der Waals surface area contributed by atoms with Crippen molar-refractivity contribution in [3.8, 4) is 5.82 Å². The van der Waals surface area contributed by atoms with Crippen LogP contribution in [0.4, 0.5) is 0 Å². The fourth-order valence-corrected chi connectivity index (χ4v) is 4.37. The highest BCUT2D eigenvalue weighted by atomic mass is 16.5. The first kappa shape index (κ1) is 18.2. The molecule has 29 heavy (non-hydrogen) atoms. The fourth-order valence-electron chi connectivity index (χ4n) is 4.37. The van der Waals surface area contributed by atoms with Gasteiger partial charge in [0.2, 0.25) is 0 Å². The maximum atomic E-state index is 12.3. The lowest BCUT2D eigenvalue weighted by atomic mass is 9.94. The Kier molecular flexibility index (Phi) is 4.97. The van der Waals surface area contributed by atoms with E-state index in [-0.39, 0.29) is 5.56 Å². The van der Waals surface area contributed by atoms with Gasteiger partial charge < -0.3 is 4.52 Å². The third kappa shape index (κ3) is 3.87. The molecule has 1 fully saturated rings. The summed E-state index contributed by atoms with van der Waals surface area (Å²) in [6.45, 7) is 3.51. The molecule has 152 valence electrons. The number of hydrogen-bond donors (Lipinski definition) is 0. The molecule has 0 atom stereocenters. The summed E-state index contributed by atoms with van der Waals surface area (Å²) in [6.07, 6.45) is 9.69. The Morgan fingerprint density at radius 1 is 1.14 bits per heavy atom. The van der Waals surface area contributed by atoms with Crippen molar-refractivity contribution in [1.29, 1.82) is 0 Å². The Morgan fingerprint density at radius 3 is 2.83 bits per heavy atom. The molecule has 5 rings (SSSR count). The van der Waals surface area contributed by atoms with Crippen molar-refractivity contribution in [1.82, 2.24) is 34.6 Å². The predicted molar refractivity (Wildman–Crippen MR) is 105 cm³/mol. The standard InChI is InChI=1S/C20H25N7O2/c28-20-6-5-19(27-14-21-13-22-27)23-26(20)11-15-7-9-25(10-8-15)12-17-16-3-1-2-4-18(16)29-24-17/h5-6,13-15H,1-4,7-12H2. The lowest BCUT2D eigenvalue weighted by molar-refractivity contribution is 0.160. The SMILES string of the molecule is O=c1ccc(-n2cncn2)nn1CC1CCN(Cc2noc3c2CCCC3)CC1. The monoisotopic (exact) mass is 395 g/mol. The van der Waals surface area contributed by atoms with Crippen LogP contribution in [0.1, 0.15) is 42.7 Å². The van der Waals surface area contributed by atoms with E-state index in [4.69, 9.17) is 4.52 Å². The Labute approximate surface area is 168 Å². The number of fused-ring (bicyclic) bond motifs is 1. The van der Waals surface area contributed by atoms with Crippen LogP contribution in [0.2, 0.25) is 0 Å². The minimum absolute atomic E-state index is 0.0782. The third-order valence-electron chi connectivity index (χ3n) is 6.05. The molecule has 0 saturated carbocycles. The van der Waals surface area contributed by atoms with Gasteiger partial charge in [-0.1, -0.05) is 5.16 Å². The Hall–Kier alpha value is -2.81. The molecule has 3 aromatic heterocycles.